The third-order valence-electron chi connectivity index (χ3n) is 2.57. The van der Waals surface area contributed by atoms with Gasteiger partial charge in [0, 0.05) is 11.4 Å². The van der Waals surface area contributed by atoms with Gasteiger partial charge in [0.1, 0.15) is 11.1 Å². The Morgan fingerprint density at radius 1 is 1.64 bits per heavy atom. The molecular weight excluding hydrogens is 196 g/mol. The van der Waals surface area contributed by atoms with Crippen molar-refractivity contribution in [3.05, 3.63) is 15.6 Å². The topological polar surface area (TPSA) is 45.1 Å². The Morgan fingerprint density at radius 3 is 2.93 bits per heavy atom. The molecule has 1 heterocycles. The molecule has 1 aliphatic carbocycles. The first-order chi connectivity index (χ1) is 6.72. The predicted octanol–water partition coefficient (Wildman–Crippen LogP) is 1.61. The van der Waals surface area contributed by atoms with Gasteiger partial charge in [-0.05, 0) is 32.7 Å². The molecule has 1 aromatic heterocycles. The maximum absolute atomic E-state index is 9.89. The molecule has 78 valence electrons. The second-order valence-electron chi connectivity index (χ2n) is 3.87. The fraction of sp³-hybridized carbons (Fsp3) is 0.700. The van der Waals surface area contributed by atoms with Crippen molar-refractivity contribution < 1.29 is 5.11 Å². The second kappa shape index (κ2) is 3.96. The Kier molecular flexibility index (Phi) is 2.85. The van der Waals surface area contributed by atoms with Crippen LogP contribution in [-0.2, 0) is 6.54 Å². The molecule has 2 rings (SSSR count). The molecule has 4 heteroatoms. The lowest BCUT2D eigenvalue weighted by molar-refractivity contribution is 0.153. The minimum Gasteiger partial charge on any atom is -0.386 e. The monoisotopic (exact) mass is 212 g/mol. The van der Waals surface area contributed by atoms with E-state index in [0.29, 0.717) is 5.92 Å². The van der Waals surface area contributed by atoms with Gasteiger partial charge in [-0.25, -0.2) is 4.98 Å². The van der Waals surface area contributed by atoms with Crippen LogP contribution in [0.4, 0.5) is 0 Å². The number of thiazole rings is 1. The highest BCUT2D eigenvalue weighted by Crippen LogP contribution is 2.42. The van der Waals surface area contributed by atoms with Crippen molar-refractivity contribution in [2.75, 3.05) is 7.05 Å². The summed E-state index contributed by atoms with van der Waals surface area (Å²) in [5, 5.41) is 13.9. The molecule has 3 nitrogen and oxygen atoms in total. The van der Waals surface area contributed by atoms with E-state index in [1.54, 1.807) is 11.3 Å². The van der Waals surface area contributed by atoms with Gasteiger partial charge >= 0.3 is 0 Å². The maximum atomic E-state index is 9.89. The number of rotatable bonds is 4. The minimum absolute atomic E-state index is 0.315. The second-order valence-corrected chi connectivity index (χ2v) is 4.99. The first-order valence-electron chi connectivity index (χ1n) is 5.01. The average molecular weight is 212 g/mol. The summed E-state index contributed by atoms with van der Waals surface area (Å²) in [6.07, 6.45) is 1.99. The number of aromatic nitrogens is 1. The number of hydrogen-bond donors (Lipinski definition) is 2. The van der Waals surface area contributed by atoms with Gasteiger partial charge in [-0.2, -0.15) is 0 Å². The molecule has 1 saturated carbocycles. The summed E-state index contributed by atoms with van der Waals surface area (Å²) in [5.41, 5.74) is 1.05. The number of hydrogen-bond acceptors (Lipinski definition) is 4. The summed E-state index contributed by atoms with van der Waals surface area (Å²) in [5.74, 6) is 0.475. The summed E-state index contributed by atoms with van der Waals surface area (Å²) in [7, 11) is 1.93. The standard InChI is InChI=1S/C10H16N2OS/c1-6-8(5-11-2)14-10(12-6)9(13)7-3-4-7/h7,9,11,13H,3-5H2,1-2H3. The maximum Gasteiger partial charge on any atom is 0.122 e. The van der Waals surface area contributed by atoms with Crippen molar-refractivity contribution in [3.63, 3.8) is 0 Å². The highest BCUT2D eigenvalue weighted by atomic mass is 32.1. The zero-order chi connectivity index (χ0) is 10.1. The van der Waals surface area contributed by atoms with Gasteiger partial charge in [0.2, 0.25) is 0 Å². The van der Waals surface area contributed by atoms with E-state index < -0.39 is 0 Å². The summed E-state index contributed by atoms with van der Waals surface area (Å²) in [4.78, 5) is 5.66. The molecule has 0 spiro atoms. The van der Waals surface area contributed by atoms with E-state index in [9.17, 15) is 5.11 Å². The number of nitrogens with zero attached hydrogens (tertiary/aromatic N) is 1. The largest absolute Gasteiger partial charge is 0.386 e. The smallest absolute Gasteiger partial charge is 0.122 e. The lowest BCUT2D eigenvalue weighted by Gasteiger charge is -2.02. The highest BCUT2D eigenvalue weighted by Gasteiger charge is 2.32. The van der Waals surface area contributed by atoms with Crippen molar-refractivity contribution in [2.24, 2.45) is 5.92 Å². The van der Waals surface area contributed by atoms with Crippen LogP contribution in [0.2, 0.25) is 0 Å². The summed E-state index contributed by atoms with van der Waals surface area (Å²) < 4.78 is 0. The molecule has 14 heavy (non-hydrogen) atoms. The van der Waals surface area contributed by atoms with Crippen LogP contribution >= 0.6 is 11.3 Å². The summed E-state index contributed by atoms with van der Waals surface area (Å²) >= 11 is 1.64. The molecule has 1 aliphatic rings. The van der Waals surface area contributed by atoms with E-state index in [1.165, 1.54) is 4.88 Å². The summed E-state index contributed by atoms with van der Waals surface area (Å²) in [6.45, 7) is 2.85. The molecule has 0 aromatic carbocycles. The van der Waals surface area contributed by atoms with Gasteiger partial charge in [-0.15, -0.1) is 11.3 Å². The number of aliphatic hydroxyl groups is 1. The van der Waals surface area contributed by atoms with Gasteiger partial charge in [0.15, 0.2) is 0 Å². The van der Waals surface area contributed by atoms with Crippen molar-refractivity contribution in [3.8, 4) is 0 Å². The van der Waals surface area contributed by atoms with Gasteiger partial charge in [-0.3, -0.25) is 0 Å². The van der Waals surface area contributed by atoms with Crippen LogP contribution in [0.1, 0.15) is 34.5 Å². The SMILES string of the molecule is CNCc1sc(C(O)C2CC2)nc1C. The summed E-state index contributed by atoms with van der Waals surface area (Å²) in [6, 6.07) is 0. The van der Waals surface area contributed by atoms with E-state index in [-0.39, 0.29) is 6.10 Å². The van der Waals surface area contributed by atoms with E-state index in [0.717, 1.165) is 30.1 Å². The van der Waals surface area contributed by atoms with Crippen LogP contribution < -0.4 is 5.32 Å². The molecule has 1 unspecified atom stereocenters. The van der Waals surface area contributed by atoms with Crippen LogP contribution in [0, 0.1) is 12.8 Å². The van der Waals surface area contributed by atoms with Crippen molar-refractivity contribution >= 4 is 11.3 Å². The van der Waals surface area contributed by atoms with Crippen molar-refractivity contribution in [1.82, 2.24) is 10.3 Å². The molecule has 1 fully saturated rings. The van der Waals surface area contributed by atoms with E-state index >= 15 is 0 Å². The van der Waals surface area contributed by atoms with Crippen LogP contribution in [0.25, 0.3) is 0 Å². The number of nitrogens with one attached hydrogen (secondary N) is 1. The zero-order valence-electron chi connectivity index (χ0n) is 8.58. The quantitative estimate of drug-likeness (QED) is 0.797. The third kappa shape index (κ3) is 1.97. The molecule has 2 N–H and O–H groups in total. The number of aryl methyl sites for hydroxylation is 1. The molecule has 1 aromatic rings. The van der Waals surface area contributed by atoms with Crippen LogP contribution in [-0.4, -0.2) is 17.1 Å². The Balaban J connectivity index is 2.13. The molecule has 0 aliphatic heterocycles. The van der Waals surface area contributed by atoms with Gasteiger partial charge in [0.25, 0.3) is 0 Å². The average Bonchev–Trinajstić information content (AvgIpc) is 2.93. The van der Waals surface area contributed by atoms with Gasteiger partial charge in [-0.1, -0.05) is 0 Å². The lowest BCUT2D eigenvalue weighted by Crippen LogP contribution is -2.04. The fourth-order valence-corrected chi connectivity index (χ4v) is 2.67. The Bertz CT molecular complexity index is 320. The lowest BCUT2D eigenvalue weighted by atomic mass is 10.2. The molecular formula is C10H16N2OS. The molecule has 0 saturated heterocycles. The molecule has 0 radical (unpaired) electrons. The Labute approximate surface area is 88.2 Å². The Hall–Kier alpha value is -0.450. The molecule has 0 amide bonds. The van der Waals surface area contributed by atoms with E-state index in [2.05, 4.69) is 10.3 Å². The van der Waals surface area contributed by atoms with Gasteiger partial charge in [0.05, 0.1) is 5.69 Å². The van der Waals surface area contributed by atoms with Gasteiger partial charge < -0.3 is 10.4 Å². The highest BCUT2D eigenvalue weighted by molar-refractivity contribution is 7.11. The molecule has 1 atom stereocenters. The first-order valence-corrected chi connectivity index (χ1v) is 5.83. The van der Waals surface area contributed by atoms with Crippen LogP contribution in [0.5, 0.6) is 0 Å². The van der Waals surface area contributed by atoms with E-state index in [4.69, 9.17) is 0 Å². The zero-order valence-corrected chi connectivity index (χ0v) is 9.40. The normalized spacial score (nSPS) is 18.5. The van der Waals surface area contributed by atoms with Crippen LogP contribution in [0.15, 0.2) is 0 Å². The third-order valence-corrected chi connectivity index (χ3v) is 3.80. The molecule has 0 bridgehead atoms. The van der Waals surface area contributed by atoms with Crippen molar-refractivity contribution in [1.29, 1.82) is 0 Å². The van der Waals surface area contributed by atoms with Crippen LogP contribution in [0.3, 0.4) is 0 Å². The predicted molar refractivity (Wildman–Crippen MR) is 57.3 cm³/mol. The van der Waals surface area contributed by atoms with Crippen molar-refractivity contribution in [2.45, 2.75) is 32.4 Å². The number of aliphatic hydroxyl groups excluding tert-OH is 1. The minimum atomic E-state index is -0.315. The Morgan fingerprint density at radius 2 is 2.36 bits per heavy atom. The fourth-order valence-electron chi connectivity index (χ4n) is 1.52. The first kappa shape index (κ1) is 10.1. The van der Waals surface area contributed by atoms with E-state index in [1.807, 2.05) is 14.0 Å².